The highest BCUT2D eigenvalue weighted by molar-refractivity contribution is 5.64. The summed E-state index contributed by atoms with van der Waals surface area (Å²) >= 11 is 0. The second-order valence-electron chi connectivity index (χ2n) is 5.14. The molecule has 2 aromatic heterocycles. The van der Waals surface area contributed by atoms with Crippen molar-refractivity contribution in [2.75, 3.05) is 0 Å². The van der Waals surface area contributed by atoms with E-state index in [0.717, 1.165) is 11.1 Å². The van der Waals surface area contributed by atoms with Crippen LogP contribution in [0.4, 0.5) is 0 Å². The van der Waals surface area contributed by atoms with Gasteiger partial charge in [-0.1, -0.05) is 44.2 Å². The number of nitrogens with zero attached hydrogens (tertiary/aromatic N) is 3. The predicted molar refractivity (Wildman–Crippen MR) is 78.4 cm³/mol. The largest absolute Gasteiger partial charge is 0.392 e. The van der Waals surface area contributed by atoms with E-state index in [0.29, 0.717) is 17.4 Å². The van der Waals surface area contributed by atoms with Crippen LogP contribution in [0.25, 0.3) is 17.0 Å². The topological polar surface area (TPSA) is 50.4 Å². The third-order valence-corrected chi connectivity index (χ3v) is 3.44. The molecular weight excluding hydrogens is 250 g/mol. The Morgan fingerprint density at radius 3 is 2.70 bits per heavy atom. The van der Waals surface area contributed by atoms with Gasteiger partial charge in [0.2, 0.25) is 0 Å². The SMILES string of the molecule is CC(C)c1ccccc1-c1nc2c(CO)cccn2n1. The lowest BCUT2D eigenvalue weighted by molar-refractivity contribution is 0.282. The number of aliphatic hydroxyl groups excluding tert-OH is 1. The highest BCUT2D eigenvalue weighted by atomic mass is 16.3. The molecule has 0 radical (unpaired) electrons. The number of hydrogen-bond donors (Lipinski definition) is 1. The van der Waals surface area contributed by atoms with Crippen molar-refractivity contribution in [1.29, 1.82) is 0 Å². The van der Waals surface area contributed by atoms with Crippen LogP contribution in [0.2, 0.25) is 0 Å². The van der Waals surface area contributed by atoms with Crippen molar-refractivity contribution in [2.24, 2.45) is 0 Å². The zero-order valence-electron chi connectivity index (χ0n) is 11.6. The molecule has 1 N–H and O–H groups in total. The molecule has 0 aliphatic carbocycles. The molecule has 1 aromatic carbocycles. The third kappa shape index (κ3) is 2.08. The zero-order chi connectivity index (χ0) is 14.1. The number of hydrogen-bond acceptors (Lipinski definition) is 3. The molecule has 0 amide bonds. The molecule has 0 bridgehead atoms. The standard InChI is InChI=1S/C16H17N3O/c1-11(2)13-7-3-4-8-14(13)15-17-16-12(10-20)6-5-9-19(16)18-15/h3-9,11,20H,10H2,1-2H3. The van der Waals surface area contributed by atoms with Crippen molar-refractivity contribution in [1.82, 2.24) is 14.6 Å². The van der Waals surface area contributed by atoms with E-state index in [4.69, 9.17) is 0 Å². The average molecular weight is 267 g/mol. The van der Waals surface area contributed by atoms with Crippen LogP contribution < -0.4 is 0 Å². The molecule has 3 aromatic rings. The van der Waals surface area contributed by atoms with Gasteiger partial charge >= 0.3 is 0 Å². The highest BCUT2D eigenvalue weighted by Crippen LogP contribution is 2.27. The Hall–Kier alpha value is -2.20. The first-order valence-corrected chi connectivity index (χ1v) is 6.75. The second kappa shape index (κ2) is 5.06. The number of fused-ring (bicyclic) bond motifs is 1. The molecule has 0 saturated heterocycles. The molecule has 0 spiro atoms. The number of pyridine rings is 1. The Labute approximate surface area is 117 Å². The van der Waals surface area contributed by atoms with Gasteiger partial charge in [-0.25, -0.2) is 9.50 Å². The van der Waals surface area contributed by atoms with Gasteiger partial charge in [-0.2, -0.15) is 0 Å². The van der Waals surface area contributed by atoms with Gasteiger partial charge in [-0.3, -0.25) is 0 Å². The van der Waals surface area contributed by atoms with Crippen LogP contribution in [0, 0.1) is 0 Å². The Bertz CT molecular complexity index is 746. The van der Waals surface area contributed by atoms with E-state index in [1.54, 1.807) is 4.52 Å². The van der Waals surface area contributed by atoms with Crippen LogP contribution in [-0.4, -0.2) is 19.7 Å². The first-order chi connectivity index (χ1) is 9.70. The van der Waals surface area contributed by atoms with Gasteiger partial charge < -0.3 is 5.11 Å². The molecular formula is C16H17N3O. The molecule has 0 fully saturated rings. The van der Waals surface area contributed by atoms with Crippen LogP contribution in [0.1, 0.15) is 30.9 Å². The lowest BCUT2D eigenvalue weighted by Crippen LogP contribution is -1.93. The molecule has 102 valence electrons. The zero-order valence-corrected chi connectivity index (χ0v) is 11.6. The maximum Gasteiger partial charge on any atom is 0.182 e. The summed E-state index contributed by atoms with van der Waals surface area (Å²) < 4.78 is 1.72. The molecule has 0 aliphatic heterocycles. The van der Waals surface area contributed by atoms with E-state index in [1.165, 1.54) is 5.56 Å². The van der Waals surface area contributed by atoms with Gasteiger partial charge in [0.15, 0.2) is 11.5 Å². The molecule has 0 unspecified atom stereocenters. The molecule has 3 rings (SSSR count). The Kier molecular flexibility index (Phi) is 3.24. The highest BCUT2D eigenvalue weighted by Gasteiger charge is 2.13. The fraction of sp³-hybridized carbons (Fsp3) is 0.250. The van der Waals surface area contributed by atoms with E-state index in [2.05, 4.69) is 30.0 Å². The van der Waals surface area contributed by atoms with Crippen molar-refractivity contribution >= 4 is 5.65 Å². The van der Waals surface area contributed by atoms with Gasteiger partial charge in [0.05, 0.1) is 6.61 Å². The summed E-state index contributed by atoms with van der Waals surface area (Å²) in [5.41, 5.74) is 3.78. The lowest BCUT2D eigenvalue weighted by atomic mass is 9.97. The minimum atomic E-state index is -0.0334. The van der Waals surface area contributed by atoms with Crippen molar-refractivity contribution in [3.8, 4) is 11.4 Å². The predicted octanol–water partition coefficient (Wildman–Crippen LogP) is 3.01. The normalized spacial score (nSPS) is 11.4. The van der Waals surface area contributed by atoms with Crippen molar-refractivity contribution in [3.63, 3.8) is 0 Å². The summed E-state index contributed by atoms with van der Waals surface area (Å²) in [6.07, 6.45) is 1.85. The van der Waals surface area contributed by atoms with E-state index < -0.39 is 0 Å². The maximum absolute atomic E-state index is 9.38. The van der Waals surface area contributed by atoms with Gasteiger partial charge in [-0.15, -0.1) is 5.10 Å². The fourth-order valence-corrected chi connectivity index (χ4v) is 2.40. The summed E-state index contributed by atoms with van der Waals surface area (Å²) in [7, 11) is 0. The third-order valence-electron chi connectivity index (χ3n) is 3.44. The monoisotopic (exact) mass is 267 g/mol. The van der Waals surface area contributed by atoms with Crippen LogP contribution in [0.5, 0.6) is 0 Å². The van der Waals surface area contributed by atoms with Crippen molar-refractivity contribution in [2.45, 2.75) is 26.4 Å². The maximum atomic E-state index is 9.38. The van der Waals surface area contributed by atoms with Gasteiger partial charge in [0.25, 0.3) is 0 Å². The second-order valence-corrected chi connectivity index (χ2v) is 5.14. The molecule has 2 heterocycles. The van der Waals surface area contributed by atoms with Gasteiger partial charge in [0.1, 0.15) is 0 Å². The van der Waals surface area contributed by atoms with E-state index >= 15 is 0 Å². The summed E-state index contributed by atoms with van der Waals surface area (Å²) in [5, 5.41) is 13.9. The summed E-state index contributed by atoms with van der Waals surface area (Å²) in [5.74, 6) is 1.12. The fourth-order valence-electron chi connectivity index (χ4n) is 2.40. The van der Waals surface area contributed by atoms with Crippen molar-refractivity contribution < 1.29 is 5.11 Å². The quantitative estimate of drug-likeness (QED) is 0.793. The number of aromatic nitrogens is 3. The molecule has 0 saturated carbocycles. The van der Waals surface area contributed by atoms with E-state index in [9.17, 15) is 5.11 Å². The Morgan fingerprint density at radius 2 is 1.95 bits per heavy atom. The van der Waals surface area contributed by atoms with Gasteiger partial charge in [-0.05, 0) is 17.5 Å². The number of rotatable bonds is 3. The van der Waals surface area contributed by atoms with Crippen LogP contribution >= 0.6 is 0 Å². The number of benzene rings is 1. The van der Waals surface area contributed by atoms with Crippen molar-refractivity contribution in [3.05, 3.63) is 53.7 Å². The van der Waals surface area contributed by atoms with Crippen LogP contribution in [0.15, 0.2) is 42.6 Å². The molecule has 0 atom stereocenters. The summed E-state index contributed by atoms with van der Waals surface area (Å²) in [6.45, 7) is 4.29. The summed E-state index contributed by atoms with van der Waals surface area (Å²) in [6, 6.07) is 11.9. The summed E-state index contributed by atoms with van der Waals surface area (Å²) in [4.78, 5) is 4.59. The molecule has 4 heteroatoms. The Morgan fingerprint density at radius 1 is 1.15 bits per heavy atom. The first kappa shape index (κ1) is 12.8. The minimum absolute atomic E-state index is 0.0334. The van der Waals surface area contributed by atoms with Gasteiger partial charge in [0, 0.05) is 17.3 Å². The number of aliphatic hydroxyl groups is 1. The smallest absolute Gasteiger partial charge is 0.182 e. The Balaban J connectivity index is 2.21. The molecule has 0 aliphatic rings. The average Bonchev–Trinajstić information content (AvgIpc) is 2.90. The van der Waals surface area contributed by atoms with Crippen LogP contribution in [0.3, 0.4) is 0 Å². The molecule has 4 nitrogen and oxygen atoms in total. The van der Waals surface area contributed by atoms with E-state index in [1.807, 2.05) is 36.5 Å². The minimum Gasteiger partial charge on any atom is -0.392 e. The first-order valence-electron chi connectivity index (χ1n) is 6.75. The lowest BCUT2D eigenvalue weighted by Gasteiger charge is -2.09. The van der Waals surface area contributed by atoms with Crippen LogP contribution in [-0.2, 0) is 6.61 Å². The van der Waals surface area contributed by atoms with E-state index in [-0.39, 0.29) is 6.61 Å². The molecule has 20 heavy (non-hydrogen) atoms.